The molecule has 0 aromatic carbocycles. The van der Waals surface area contributed by atoms with Gasteiger partial charge in [-0.15, -0.1) is 0 Å². The van der Waals surface area contributed by atoms with E-state index in [4.69, 9.17) is 5.11 Å². The molecule has 1 aliphatic carbocycles. The van der Waals surface area contributed by atoms with E-state index in [2.05, 4.69) is 12.2 Å². The highest BCUT2D eigenvalue weighted by Crippen LogP contribution is 2.33. The van der Waals surface area contributed by atoms with Gasteiger partial charge in [0, 0.05) is 18.9 Å². The predicted octanol–water partition coefficient (Wildman–Crippen LogP) is 1.16. The van der Waals surface area contributed by atoms with Crippen LogP contribution >= 0.6 is 0 Å². The van der Waals surface area contributed by atoms with Gasteiger partial charge in [0.2, 0.25) is 5.91 Å². The molecule has 2 N–H and O–H groups in total. The highest BCUT2D eigenvalue weighted by Gasteiger charge is 2.36. The first-order valence-electron chi connectivity index (χ1n) is 5.14. The lowest BCUT2D eigenvalue weighted by molar-refractivity contribution is -0.137. The molecule has 14 heavy (non-hydrogen) atoms. The number of hydrogen-bond acceptors (Lipinski definition) is 2. The van der Waals surface area contributed by atoms with Crippen LogP contribution in [-0.4, -0.2) is 23.0 Å². The molecule has 2 unspecified atom stereocenters. The summed E-state index contributed by atoms with van der Waals surface area (Å²) >= 11 is 0. The molecule has 0 aliphatic heterocycles. The molecule has 0 radical (unpaired) electrons. The molecule has 1 aliphatic rings. The summed E-state index contributed by atoms with van der Waals surface area (Å²) in [4.78, 5) is 21.4. The van der Waals surface area contributed by atoms with Gasteiger partial charge in [-0.05, 0) is 18.8 Å². The fourth-order valence-corrected chi connectivity index (χ4v) is 1.55. The van der Waals surface area contributed by atoms with E-state index in [1.54, 1.807) is 0 Å². The van der Waals surface area contributed by atoms with Crippen molar-refractivity contribution in [1.82, 2.24) is 5.32 Å². The van der Waals surface area contributed by atoms with Crippen LogP contribution in [0.25, 0.3) is 0 Å². The Balaban J connectivity index is 2.03. The lowest BCUT2D eigenvalue weighted by atomic mass is 10.2. The summed E-state index contributed by atoms with van der Waals surface area (Å²) in [7, 11) is 0. The summed E-state index contributed by atoms with van der Waals surface area (Å²) in [6.45, 7) is 2.11. The molecule has 1 saturated carbocycles. The van der Waals surface area contributed by atoms with E-state index >= 15 is 0 Å². The molecule has 0 aromatic rings. The maximum Gasteiger partial charge on any atom is 0.303 e. The number of aliphatic carboxylic acids is 1. The van der Waals surface area contributed by atoms with Gasteiger partial charge in [-0.3, -0.25) is 9.59 Å². The third-order valence-electron chi connectivity index (χ3n) is 2.59. The average molecular weight is 199 g/mol. The summed E-state index contributed by atoms with van der Waals surface area (Å²) in [6.07, 6.45) is 3.04. The lowest BCUT2D eigenvalue weighted by Gasteiger charge is -2.02. The maximum atomic E-state index is 11.2. The van der Waals surface area contributed by atoms with E-state index < -0.39 is 5.97 Å². The van der Waals surface area contributed by atoms with Gasteiger partial charge in [-0.1, -0.05) is 13.3 Å². The fourth-order valence-electron chi connectivity index (χ4n) is 1.55. The molecule has 2 atom stereocenters. The Kier molecular flexibility index (Phi) is 3.92. The topological polar surface area (TPSA) is 66.4 Å². The zero-order chi connectivity index (χ0) is 10.6. The first kappa shape index (κ1) is 11.0. The monoisotopic (exact) mass is 199 g/mol. The van der Waals surface area contributed by atoms with Crippen molar-refractivity contribution in [3.63, 3.8) is 0 Å². The quantitative estimate of drug-likeness (QED) is 0.674. The van der Waals surface area contributed by atoms with Crippen LogP contribution in [0.1, 0.15) is 39.0 Å². The van der Waals surface area contributed by atoms with Crippen molar-refractivity contribution in [3.05, 3.63) is 0 Å². The molecule has 0 spiro atoms. The summed E-state index contributed by atoms with van der Waals surface area (Å²) in [6, 6.07) is 0.359. The van der Waals surface area contributed by atoms with E-state index in [1.807, 2.05) is 0 Å². The second-order valence-electron chi connectivity index (χ2n) is 3.83. The number of carbonyl (C=O) groups excluding carboxylic acids is 1. The van der Waals surface area contributed by atoms with Gasteiger partial charge < -0.3 is 10.4 Å². The fraction of sp³-hybridized carbons (Fsp3) is 0.800. The van der Waals surface area contributed by atoms with E-state index in [0.29, 0.717) is 24.8 Å². The molecule has 0 saturated heterocycles. The van der Waals surface area contributed by atoms with Crippen molar-refractivity contribution < 1.29 is 14.7 Å². The van der Waals surface area contributed by atoms with Gasteiger partial charge in [-0.2, -0.15) is 0 Å². The van der Waals surface area contributed by atoms with Crippen LogP contribution < -0.4 is 5.32 Å². The third-order valence-corrected chi connectivity index (χ3v) is 2.59. The van der Waals surface area contributed by atoms with Gasteiger partial charge >= 0.3 is 5.97 Å². The van der Waals surface area contributed by atoms with E-state index in [-0.39, 0.29) is 12.3 Å². The van der Waals surface area contributed by atoms with Crippen molar-refractivity contribution in [2.45, 2.75) is 45.1 Å². The molecular formula is C10H17NO3. The zero-order valence-corrected chi connectivity index (χ0v) is 8.45. The number of carboxylic acids is 1. The Morgan fingerprint density at radius 2 is 2.14 bits per heavy atom. The van der Waals surface area contributed by atoms with Crippen LogP contribution in [-0.2, 0) is 9.59 Å². The standard InChI is InChI=1S/C10H17NO3/c1-2-7-6-8(7)11-9(12)4-3-5-10(13)14/h7-8H,2-6H2,1H3,(H,11,12)(H,13,14). The Bertz CT molecular complexity index is 227. The first-order chi connectivity index (χ1) is 6.63. The van der Waals surface area contributed by atoms with Crippen molar-refractivity contribution in [2.24, 2.45) is 5.92 Å². The van der Waals surface area contributed by atoms with Gasteiger partial charge in [0.05, 0.1) is 0 Å². The third kappa shape index (κ3) is 3.77. The summed E-state index contributed by atoms with van der Waals surface area (Å²) in [5, 5.41) is 11.3. The molecule has 1 fully saturated rings. The smallest absolute Gasteiger partial charge is 0.303 e. The Morgan fingerprint density at radius 1 is 1.43 bits per heavy atom. The lowest BCUT2D eigenvalue weighted by Crippen LogP contribution is -2.26. The van der Waals surface area contributed by atoms with Crippen molar-refractivity contribution >= 4 is 11.9 Å². The van der Waals surface area contributed by atoms with Crippen molar-refractivity contribution in [3.8, 4) is 0 Å². The molecular weight excluding hydrogens is 182 g/mol. The molecule has 4 heteroatoms. The molecule has 0 heterocycles. The van der Waals surface area contributed by atoms with E-state index in [9.17, 15) is 9.59 Å². The minimum absolute atomic E-state index is 0.00722. The second kappa shape index (κ2) is 4.98. The maximum absolute atomic E-state index is 11.2. The highest BCUT2D eigenvalue weighted by atomic mass is 16.4. The number of carbonyl (C=O) groups is 2. The summed E-state index contributed by atoms with van der Waals surface area (Å²) in [5.74, 6) is -0.193. The Morgan fingerprint density at radius 3 is 2.64 bits per heavy atom. The van der Waals surface area contributed by atoms with Crippen LogP contribution in [0.3, 0.4) is 0 Å². The molecule has 80 valence electrons. The van der Waals surface area contributed by atoms with Crippen LogP contribution in [0.2, 0.25) is 0 Å². The number of rotatable bonds is 6. The number of nitrogens with one attached hydrogen (secondary N) is 1. The largest absolute Gasteiger partial charge is 0.481 e. The van der Waals surface area contributed by atoms with Gasteiger partial charge in [0.15, 0.2) is 0 Å². The molecule has 4 nitrogen and oxygen atoms in total. The highest BCUT2D eigenvalue weighted by molar-refractivity contribution is 5.77. The van der Waals surface area contributed by atoms with Crippen LogP contribution in [0, 0.1) is 5.92 Å². The predicted molar refractivity (Wildman–Crippen MR) is 51.8 cm³/mol. The molecule has 1 amide bonds. The minimum Gasteiger partial charge on any atom is -0.481 e. The normalized spacial score (nSPS) is 24.4. The van der Waals surface area contributed by atoms with Crippen molar-refractivity contribution in [2.75, 3.05) is 0 Å². The Labute approximate surface area is 83.7 Å². The van der Waals surface area contributed by atoms with E-state index in [1.165, 1.54) is 0 Å². The average Bonchev–Trinajstić information content (AvgIpc) is 2.82. The first-order valence-corrected chi connectivity index (χ1v) is 5.14. The van der Waals surface area contributed by atoms with Crippen LogP contribution in [0.5, 0.6) is 0 Å². The van der Waals surface area contributed by atoms with Gasteiger partial charge in [0.1, 0.15) is 0 Å². The summed E-state index contributed by atoms with van der Waals surface area (Å²) < 4.78 is 0. The van der Waals surface area contributed by atoms with Crippen molar-refractivity contribution in [1.29, 1.82) is 0 Å². The second-order valence-corrected chi connectivity index (χ2v) is 3.83. The SMILES string of the molecule is CCC1CC1NC(=O)CCCC(=O)O. The molecule has 0 aromatic heterocycles. The van der Waals surface area contributed by atoms with Gasteiger partial charge in [0.25, 0.3) is 0 Å². The molecule has 1 rings (SSSR count). The number of amides is 1. The zero-order valence-electron chi connectivity index (χ0n) is 8.45. The van der Waals surface area contributed by atoms with Crippen LogP contribution in [0.15, 0.2) is 0 Å². The van der Waals surface area contributed by atoms with Gasteiger partial charge in [-0.25, -0.2) is 0 Å². The Hall–Kier alpha value is -1.06. The number of carboxylic acid groups (broad SMARTS) is 1. The molecule has 0 bridgehead atoms. The number of hydrogen-bond donors (Lipinski definition) is 2. The van der Waals surface area contributed by atoms with Crippen LogP contribution in [0.4, 0.5) is 0 Å². The van der Waals surface area contributed by atoms with E-state index in [0.717, 1.165) is 12.8 Å². The summed E-state index contributed by atoms with van der Waals surface area (Å²) in [5.41, 5.74) is 0. The minimum atomic E-state index is -0.837.